The summed E-state index contributed by atoms with van der Waals surface area (Å²) >= 11 is 0. The van der Waals surface area contributed by atoms with Crippen LogP contribution in [-0.4, -0.2) is 33.4 Å². The molecule has 0 heterocycles. The molecule has 0 aliphatic heterocycles. The summed E-state index contributed by atoms with van der Waals surface area (Å²) in [7, 11) is -3.83. The second kappa shape index (κ2) is 9.24. The normalized spacial score (nSPS) is 11.0. The molecule has 0 aromatic heterocycles. The summed E-state index contributed by atoms with van der Waals surface area (Å²) in [5.74, 6) is -1.97. The minimum atomic E-state index is -3.83. The number of sulfonamides is 1. The molecule has 144 valence electrons. The van der Waals surface area contributed by atoms with Crippen molar-refractivity contribution in [1.29, 1.82) is 0 Å². The van der Waals surface area contributed by atoms with Crippen molar-refractivity contribution in [3.63, 3.8) is 0 Å². The molecule has 0 aliphatic rings. The van der Waals surface area contributed by atoms with Gasteiger partial charge < -0.3 is 10.1 Å². The fourth-order valence-corrected chi connectivity index (χ4v) is 3.00. The van der Waals surface area contributed by atoms with Gasteiger partial charge in [0.25, 0.3) is 0 Å². The molecule has 0 saturated heterocycles. The van der Waals surface area contributed by atoms with Gasteiger partial charge in [0.05, 0.1) is 11.4 Å². The van der Waals surface area contributed by atoms with E-state index in [4.69, 9.17) is 4.74 Å². The summed E-state index contributed by atoms with van der Waals surface area (Å²) in [5.41, 5.74) is 1.11. The second-order valence-corrected chi connectivity index (χ2v) is 7.43. The van der Waals surface area contributed by atoms with E-state index >= 15 is 0 Å². The van der Waals surface area contributed by atoms with E-state index in [9.17, 15) is 22.4 Å². The standard InChI is InChI=1S/C18H19FN2O5S/c1-13-6-8-15(9-7-13)27(24,25)21-10-17(22)20-11-18(23)26-12-14-4-2-3-5-16(14)19/h2-9,21H,10-12H2,1H3,(H,20,22). The highest BCUT2D eigenvalue weighted by atomic mass is 32.2. The molecule has 0 aliphatic carbocycles. The van der Waals surface area contributed by atoms with E-state index in [1.54, 1.807) is 18.2 Å². The summed E-state index contributed by atoms with van der Waals surface area (Å²) in [6.07, 6.45) is 0. The molecule has 0 saturated carbocycles. The molecule has 9 heteroatoms. The number of nitrogens with one attached hydrogen (secondary N) is 2. The Bertz CT molecular complexity index is 914. The van der Waals surface area contributed by atoms with Crippen LogP contribution in [0.3, 0.4) is 0 Å². The maximum Gasteiger partial charge on any atom is 0.325 e. The number of esters is 1. The SMILES string of the molecule is Cc1ccc(S(=O)(=O)NCC(=O)NCC(=O)OCc2ccccc2F)cc1. The predicted molar refractivity (Wildman–Crippen MR) is 95.6 cm³/mol. The lowest BCUT2D eigenvalue weighted by Gasteiger charge is -2.09. The number of halogens is 1. The zero-order chi connectivity index (χ0) is 19.9. The largest absolute Gasteiger partial charge is 0.459 e. The Kier molecular flexibility index (Phi) is 7.03. The molecule has 0 bridgehead atoms. The van der Waals surface area contributed by atoms with Crippen LogP contribution in [0, 0.1) is 12.7 Å². The molecule has 7 nitrogen and oxygen atoms in total. The molecule has 2 rings (SSSR count). The predicted octanol–water partition coefficient (Wildman–Crippen LogP) is 1.27. The Morgan fingerprint density at radius 3 is 2.37 bits per heavy atom. The van der Waals surface area contributed by atoms with Crippen LogP contribution < -0.4 is 10.0 Å². The van der Waals surface area contributed by atoms with Gasteiger partial charge in [0.15, 0.2) is 0 Å². The van der Waals surface area contributed by atoms with E-state index < -0.39 is 40.8 Å². The first-order valence-corrected chi connectivity index (χ1v) is 9.48. The van der Waals surface area contributed by atoms with Crippen LogP contribution in [0.15, 0.2) is 53.4 Å². The van der Waals surface area contributed by atoms with E-state index in [0.29, 0.717) is 0 Å². The smallest absolute Gasteiger partial charge is 0.325 e. The van der Waals surface area contributed by atoms with Crippen molar-refractivity contribution in [2.24, 2.45) is 0 Å². The van der Waals surface area contributed by atoms with Gasteiger partial charge in [0, 0.05) is 5.56 Å². The Hall–Kier alpha value is -2.78. The van der Waals surface area contributed by atoms with Crippen LogP contribution in [0.5, 0.6) is 0 Å². The fourth-order valence-electron chi connectivity index (χ4n) is 2.02. The Labute approximate surface area is 156 Å². The average molecular weight is 394 g/mol. The van der Waals surface area contributed by atoms with Gasteiger partial charge in [0.2, 0.25) is 15.9 Å². The molecule has 2 aromatic rings. The van der Waals surface area contributed by atoms with E-state index in [0.717, 1.165) is 5.56 Å². The topological polar surface area (TPSA) is 102 Å². The number of hydrogen-bond acceptors (Lipinski definition) is 5. The van der Waals surface area contributed by atoms with Gasteiger partial charge in [-0.2, -0.15) is 0 Å². The number of ether oxygens (including phenoxy) is 1. The first-order valence-electron chi connectivity index (χ1n) is 8.00. The zero-order valence-corrected chi connectivity index (χ0v) is 15.4. The molecule has 2 aromatic carbocycles. The summed E-state index contributed by atoms with van der Waals surface area (Å²) in [6.45, 7) is 0.570. The minimum absolute atomic E-state index is 0.0326. The van der Waals surface area contributed by atoms with Crippen LogP contribution in [0.25, 0.3) is 0 Å². The van der Waals surface area contributed by atoms with E-state index in [1.165, 1.54) is 30.3 Å². The van der Waals surface area contributed by atoms with E-state index in [-0.39, 0.29) is 17.1 Å². The highest BCUT2D eigenvalue weighted by Gasteiger charge is 2.16. The molecule has 2 N–H and O–H groups in total. The van der Waals surface area contributed by atoms with Gasteiger partial charge in [-0.25, -0.2) is 17.5 Å². The van der Waals surface area contributed by atoms with Crippen molar-refractivity contribution in [3.8, 4) is 0 Å². The Morgan fingerprint density at radius 1 is 1.04 bits per heavy atom. The van der Waals surface area contributed by atoms with Gasteiger partial charge in [-0.05, 0) is 25.1 Å². The summed E-state index contributed by atoms with van der Waals surface area (Å²) in [6, 6.07) is 12.0. The fraction of sp³-hybridized carbons (Fsp3) is 0.222. The lowest BCUT2D eigenvalue weighted by atomic mass is 10.2. The summed E-state index contributed by atoms with van der Waals surface area (Å²) < 4.78 is 44.5. The molecule has 0 atom stereocenters. The monoisotopic (exact) mass is 394 g/mol. The Balaban J connectivity index is 1.74. The number of amides is 1. The van der Waals surface area contributed by atoms with Crippen LogP contribution in [0.2, 0.25) is 0 Å². The third-order valence-corrected chi connectivity index (χ3v) is 4.95. The second-order valence-electron chi connectivity index (χ2n) is 5.67. The number of carbonyl (C=O) groups is 2. The first kappa shape index (κ1) is 20.5. The number of rotatable bonds is 8. The molecule has 0 spiro atoms. The first-order chi connectivity index (χ1) is 12.8. The molecule has 0 fully saturated rings. The number of benzene rings is 2. The van der Waals surface area contributed by atoms with Crippen LogP contribution in [0.1, 0.15) is 11.1 Å². The van der Waals surface area contributed by atoms with Crippen molar-refractivity contribution in [3.05, 3.63) is 65.5 Å². The minimum Gasteiger partial charge on any atom is -0.459 e. The maximum atomic E-state index is 13.4. The number of hydrogen-bond donors (Lipinski definition) is 2. The molecular formula is C18H19FN2O5S. The number of aryl methyl sites for hydroxylation is 1. The van der Waals surface area contributed by atoms with Gasteiger partial charge in [-0.3, -0.25) is 9.59 Å². The Morgan fingerprint density at radius 2 is 1.70 bits per heavy atom. The maximum absolute atomic E-state index is 13.4. The van der Waals surface area contributed by atoms with Gasteiger partial charge >= 0.3 is 5.97 Å². The molecule has 27 heavy (non-hydrogen) atoms. The number of carbonyl (C=O) groups excluding carboxylic acids is 2. The van der Waals surface area contributed by atoms with Gasteiger partial charge in [-0.15, -0.1) is 0 Å². The lowest BCUT2D eigenvalue weighted by Crippen LogP contribution is -2.39. The van der Waals surface area contributed by atoms with E-state index in [2.05, 4.69) is 10.0 Å². The summed E-state index contributed by atoms with van der Waals surface area (Å²) in [4.78, 5) is 23.3. The lowest BCUT2D eigenvalue weighted by molar-refractivity contribution is -0.145. The highest BCUT2D eigenvalue weighted by Crippen LogP contribution is 2.09. The highest BCUT2D eigenvalue weighted by molar-refractivity contribution is 7.89. The molecule has 0 unspecified atom stereocenters. The van der Waals surface area contributed by atoms with Gasteiger partial charge in [-0.1, -0.05) is 35.9 Å². The third-order valence-electron chi connectivity index (χ3n) is 3.53. The van der Waals surface area contributed by atoms with Crippen LogP contribution >= 0.6 is 0 Å². The van der Waals surface area contributed by atoms with Crippen molar-refractivity contribution in [2.75, 3.05) is 13.1 Å². The van der Waals surface area contributed by atoms with Crippen molar-refractivity contribution >= 4 is 21.9 Å². The van der Waals surface area contributed by atoms with Crippen molar-refractivity contribution in [2.45, 2.75) is 18.4 Å². The average Bonchev–Trinajstić information content (AvgIpc) is 2.64. The quantitative estimate of drug-likeness (QED) is 0.657. The van der Waals surface area contributed by atoms with Crippen LogP contribution in [0.4, 0.5) is 4.39 Å². The van der Waals surface area contributed by atoms with Crippen LogP contribution in [-0.2, 0) is 31.0 Å². The molecule has 0 radical (unpaired) electrons. The zero-order valence-electron chi connectivity index (χ0n) is 14.6. The molecular weight excluding hydrogens is 375 g/mol. The summed E-state index contributed by atoms with van der Waals surface area (Å²) in [5, 5.41) is 2.23. The van der Waals surface area contributed by atoms with Gasteiger partial charge in [0.1, 0.15) is 19.0 Å². The third kappa shape index (κ3) is 6.46. The van der Waals surface area contributed by atoms with Crippen molar-refractivity contribution in [1.82, 2.24) is 10.0 Å². The van der Waals surface area contributed by atoms with E-state index in [1.807, 2.05) is 6.92 Å². The van der Waals surface area contributed by atoms with Crippen molar-refractivity contribution < 1.29 is 27.1 Å². The molecule has 1 amide bonds.